The van der Waals surface area contributed by atoms with E-state index in [9.17, 15) is 19.5 Å². The lowest BCUT2D eigenvalue weighted by atomic mass is 9.96. The van der Waals surface area contributed by atoms with Crippen molar-refractivity contribution in [1.82, 2.24) is 10.6 Å². The van der Waals surface area contributed by atoms with Gasteiger partial charge in [-0.05, 0) is 36.1 Å². The topological polar surface area (TPSA) is 95.5 Å². The normalized spacial score (nSPS) is 12.7. The molecule has 2 rings (SSSR count). The molecule has 0 saturated carbocycles. The SMILES string of the molecule is CC(=O)N[C@H](Cc1ccccc1)C(=O)N[C@@H](Cc1c(C)cccc1C)C(=O)O. The number of carbonyl (C=O) groups excluding carboxylic acids is 2. The summed E-state index contributed by atoms with van der Waals surface area (Å²) >= 11 is 0. The van der Waals surface area contributed by atoms with Crippen molar-refractivity contribution >= 4 is 17.8 Å². The fourth-order valence-electron chi connectivity index (χ4n) is 3.15. The average molecular weight is 382 g/mol. The molecule has 0 aliphatic rings. The number of carboxylic acid groups (broad SMARTS) is 1. The van der Waals surface area contributed by atoms with Crippen molar-refractivity contribution in [1.29, 1.82) is 0 Å². The molecule has 2 aromatic carbocycles. The largest absolute Gasteiger partial charge is 0.480 e. The van der Waals surface area contributed by atoms with E-state index in [0.717, 1.165) is 22.3 Å². The van der Waals surface area contributed by atoms with Crippen LogP contribution in [0.5, 0.6) is 0 Å². The first-order valence-electron chi connectivity index (χ1n) is 9.17. The molecule has 6 heteroatoms. The molecule has 0 fully saturated rings. The van der Waals surface area contributed by atoms with Gasteiger partial charge in [-0.2, -0.15) is 0 Å². The Balaban J connectivity index is 2.17. The Morgan fingerprint density at radius 3 is 2.00 bits per heavy atom. The standard InChI is InChI=1S/C22H26N2O4/c1-14-8-7-9-15(2)18(14)13-20(22(27)28)24-21(26)19(23-16(3)25)12-17-10-5-4-6-11-17/h4-11,19-20H,12-13H2,1-3H3,(H,23,25)(H,24,26)(H,27,28)/t19-,20+/m1/s1. The molecule has 0 saturated heterocycles. The van der Waals surface area contributed by atoms with Crippen LogP contribution < -0.4 is 10.6 Å². The quantitative estimate of drug-likeness (QED) is 0.652. The Morgan fingerprint density at radius 2 is 1.46 bits per heavy atom. The molecular formula is C22H26N2O4. The Morgan fingerprint density at radius 1 is 0.857 bits per heavy atom. The molecule has 0 unspecified atom stereocenters. The molecule has 0 aliphatic heterocycles. The maximum atomic E-state index is 12.8. The summed E-state index contributed by atoms with van der Waals surface area (Å²) in [6.07, 6.45) is 0.458. The van der Waals surface area contributed by atoms with Gasteiger partial charge in [0.15, 0.2) is 0 Å². The lowest BCUT2D eigenvalue weighted by Crippen LogP contribution is -2.52. The molecule has 28 heavy (non-hydrogen) atoms. The summed E-state index contributed by atoms with van der Waals surface area (Å²) in [5.74, 6) is -1.98. The van der Waals surface area contributed by atoms with Crippen LogP contribution in [-0.2, 0) is 27.2 Å². The highest BCUT2D eigenvalue weighted by Gasteiger charge is 2.27. The van der Waals surface area contributed by atoms with Crippen molar-refractivity contribution in [3.05, 3.63) is 70.8 Å². The summed E-state index contributed by atoms with van der Waals surface area (Å²) in [4.78, 5) is 36.1. The third-order valence-corrected chi connectivity index (χ3v) is 4.64. The van der Waals surface area contributed by atoms with Crippen molar-refractivity contribution in [3.8, 4) is 0 Å². The highest BCUT2D eigenvalue weighted by atomic mass is 16.4. The van der Waals surface area contributed by atoms with Gasteiger partial charge in [-0.15, -0.1) is 0 Å². The molecule has 0 heterocycles. The van der Waals surface area contributed by atoms with Crippen LogP contribution in [0.2, 0.25) is 0 Å². The number of amides is 2. The highest BCUT2D eigenvalue weighted by molar-refractivity contribution is 5.90. The maximum absolute atomic E-state index is 12.8. The minimum Gasteiger partial charge on any atom is -0.480 e. The van der Waals surface area contributed by atoms with Crippen LogP contribution in [0.3, 0.4) is 0 Å². The second-order valence-corrected chi connectivity index (χ2v) is 6.92. The van der Waals surface area contributed by atoms with Crippen LogP contribution >= 0.6 is 0 Å². The second kappa shape index (κ2) is 9.69. The minimum atomic E-state index is -1.11. The smallest absolute Gasteiger partial charge is 0.326 e. The third-order valence-electron chi connectivity index (χ3n) is 4.64. The number of hydrogen-bond donors (Lipinski definition) is 3. The molecular weight excluding hydrogens is 356 g/mol. The zero-order valence-corrected chi connectivity index (χ0v) is 16.4. The van der Waals surface area contributed by atoms with Gasteiger partial charge in [0.2, 0.25) is 11.8 Å². The van der Waals surface area contributed by atoms with E-state index in [1.807, 2.05) is 62.4 Å². The van der Waals surface area contributed by atoms with Crippen LogP contribution in [0.1, 0.15) is 29.2 Å². The summed E-state index contributed by atoms with van der Waals surface area (Å²) in [5.41, 5.74) is 3.72. The van der Waals surface area contributed by atoms with E-state index < -0.39 is 24.0 Å². The van der Waals surface area contributed by atoms with Crippen LogP contribution in [0, 0.1) is 13.8 Å². The van der Waals surface area contributed by atoms with Crippen LogP contribution in [-0.4, -0.2) is 35.0 Å². The highest BCUT2D eigenvalue weighted by Crippen LogP contribution is 2.16. The molecule has 148 valence electrons. The summed E-state index contributed by atoms with van der Waals surface area (Å²) < 4.78 is 0. The first-order chi connectivity index (χ1) is 13.3. The van der Waals surface area contributed by atoms with Gasteiger partial charge in [0, 0.05) is 19.8 Å². The van der Waals surface area contributed by atoms with Gasteiger partial charge in [0.1, 0.15) is 12.1 Å². The van der Waals surface area contributed by atoms with Crippen molar-refractivity contribution < 1.29 is 19.5 Å². The first-order valence-corrected chi connectivity index (χ1v) is 9.17. The van der Waals surface area contributed by atoms with Crippen LogP contribution in [0.15, 0.2) is 48.5 Å². The van der Waals surface area contributed by atoms with E-state index in [0.29, 0.717) is 0 Å². The summed E-state index contributed by atoms with van der Waals surface area (Å²) in [6, 6.07) is 13.1. The fourth-order valence-corrected chi connectivity index (χ4v) is 3.15. The summed E-state index contributed by atoms with van der Waals surface area (Å²) in [6.45, 7) is 5.16. The van der Waals surface area contributed by atoms with Gasteiger partial charge in [0.05, 0.1) is 0 Å². The van der Waals surface area contributed by atoms with Crippen LogP contribution in [0.25, 0.3) is 0 Å². The molecule has 2 amide bonds. The Hall–Kier alpha value is -3.15. The van der Waals surface area contributed by atoms with E-state index >= 15 is 0 Å². The Labute approximate surface area is 165 Å². The van der Waals surface area contributed by atoms with E-state index in [1.165, 1.54) is 6.92 Å². The minimum absolute atomic E-state index is 0.178. The van der Waals surface area contributed by atoms with Crippen molar-refractivity contribution in [2.75, 3.05) is 0 Å². The second-order valence-electron chi connectivity index (χ2n) is 6.92. The average Bonchev–Trinajstić information content (AvgIpc) is 2.63. The van der Waals surface area contributed by atoms with Gasteiger partial charge in [-0.3, -0.25) is 9.59 Å². The van der Waals surface area contributed by atoms with Crippen molar-refractivity contribution in [3.63, 3.8) is 0 Å². The third kappa shape index (κ3) is 5.94. The lowest BCUT2D eigenvalue weighted by molar-refractivity contribution is -0.142. The van der Waals surface area contributed by atoms with Gasteiger partial charge < -0.3 is 15.7 Å². The molecule has 0 radical (unpaired) electrons. The van der Waals surface area contributed by atoms with Gasteiger partial charge in [-0.25, -0.2) is 4.79 Å². The van der Waals surface area contributed by atoms with Crippen LogP contribution in [0.4, 0.5) is 0 Å². The monoisotopic (exact) mass is 382 g/mol. The van der Waals surface area contributed by atoms with Crippen molar-refractivity contribution in [2.24, 2.45) is 0 Å². The first kappa shape index (κ1) is 21.2. The number of benzene rings is 2. The fraction of sp³-hybridized carbons (Fsp3) is 0.318. The Kier molecular flexibility index (Phi) is 7.32. The summed E-state index contributed by atoms with van der Waals surface area (Å²) in [5, 5.41) is 14.8. The molecule has 6 nitrogen and oxygen atoms in total. The van der Waals surface area contributed by atoms with E-state index in [4.69, 9.17) is 0 Å². The molecule has 0 aliphatic carbocycles. The molecule has 2 aromatic rings. The van der Waals surface area contributed by atoms with Gasteiger partial charge >= 0.3 is 5.97 Å². The number of aryl methyl sites for hydroxylation is 2. The van der Waals surface area contributed by atoms with E-state index in [1.54, 1.807) is 0 Å². The van der Waals surface area contributed by atoms with Crippen molar-refractivity contribution in [2.45, 2.75) is 45.7 Å². The molecule has 0 aromatic heterocycles. The van der Waals surface area contributed by atoms with Gasteiger partial charge in [-0.1, -0.05) is 48.5 Å². The molecule has 2 atom stereocenters. The number of rotatable bonds is 8. The zero-order chi connectivity index (χ0) is 20.7. The van der Waals surface area contributed by atoms with E-state index in [2.05, 4.69) is 10.6 Å². The number of aliphatic carboxylic acids is 1. The number of carboxylic acids is 1. The summed E-state index contributed by atoms with van der Waals surface area (Å²) in [7, 11) is 0. The van der Waals surface area contributed by atoms with Gasteiger partial charge in [0.25, 0.3) is 0 Å². The van der Waals surface area contributed by atoms with E-state index in [-0.39, 0.29) is 18.7 Å². The molecule has 3 N–H and O–H groups in total. The predicted molar refractivity (Wildman–Crippen MR) is 107 cm³/mol. The lowest BCUT2D eigenvalue weighted by Gasteiger charge is -2.22. The zero-order valence-electron chi connectivity index (χ0n) is 16.4. The maximum Gasteiger partial charge on any atom is 0.326 e. The number of hydrogen-bond acceptors (Lipinski definition) is 3. The number of nitrogens with one attached hydrogen (secondary N) is 2. The molecule has 0 bridgehead atoms. The molecule has 0 spiro atoms. The number of carbonyl (C=O) groups is 3. The Bertz CT molecular complexity index is 829. The predicted octanol–water partition coefficient (Wildman–Crippen LogP) is 2.16.